The number of rotatable bonds is 6. The Kier molecular flexibility index (Phi) is 5.53. The molecule has 2 aromatic rings. The first-order valence-electron chi connectivity index (χ1n) is 10.0. The van der Waals surface area contributed by atoms with Gasteiger partial charge >= 0.3 is 0 Å². The van der Waals surface area contributed by atoms with E-state index in [1.807, 2.05) is 17.9 Å². The van der Waals surface area contributed by atoms with Gasteiger partial charge in [0.1, 0.15) is 11.6 Å². The third-order valence-corrected chi connectivity index (χ3v) is 5.74. The van der Waals surface area contributed by atoms with Gasteiger partial charge in [0.05, 0.1) is 12.0 Å². The molecule has 1 aromatic heterocycles. The number of benzene rings is 1. The summed E-state index contributed by atoms with van der Waals surface area (Å²) in [5.41, 5.74) is 1.35. The SMILES string of the molecule is Cc1nnc2n1C[C@H](C(=O)N1CC[C@H](OCCCc3ccccc3)C1)CC2. The fraction of sp³-hybridized carbons (Fsp3) is 0.571. The number of aromatic nitrogens is 3. The van der Waals surface area contributed by atoms with Crippen LogP contribution in [0.2, 0.25) is 0 Å². The van der Waals surface area contributed by atoms with Crippen molar-refractivity contribution in [1.29, 1.82) is 0 Å². The highest BCUT2D eigenvalue weighted by molar-refractivity contribution is 5.79. The predicted octanol–water partition coefficient (Wildman–Crippen LogP) is 2.40. The number of hydrogen-bond donors (Lipinski definition) is 0. The lowest BCUT2D eigenvalue weighted by molar-refractivity contribution is -0.136. The molecule has 1 saturated heterocycles. The van der Waals surface area contributed by atoms with Crippen LogP contribution in [0.15, 0.2) is 30.3 Å². The molecule has 0 saturated carbocycles. The van der Waals surface area contributed by atoms with Crippen molar-refractivity contribution in [2.75, 3.05) is 19.7 Å². The Hall–Kier alpha value is -2.21. The number of carbonyl (C=O) groups excluding carboxylic acids is 1. The number of fused-ring (bicyclic) bond motifs is 1. The molecule has 2 aliphatic rings. The van der Waals surface area contributed by atoms with Crippen LogP contribution in [0.1, 0.15) is 36.5 Å². The van der Waals surface area contributed by atoms with Gasteiger partial charge in [0.15, 0.2) is 0 Å². The van der Waals surface area contributed by atoms with E-state index in [1.165, 1.54) is 5.56 Å². The number of nitrogens with zero attached hydrogens (tertiary/aromatic N) is 4. The summed E-state index contributed by atoms with van der Waals surface area (Å²) in [7, 11) is 0. The second-order valence-corrected chi connectivity index (χ2v) is 7.66. The number of carbonyl (C=O) groups is 1. The van der Waals surface area contributed by atoms with Gasteiger partial charge in [-0.2, -0.15) is 0 Å². The normalized spacial score (nSPS) is 22.0. The zero-order chi connectivity index (χ0) is 18.6. The smallest absolute Gasteiger partial charge is 0.227 e. The van der Waals surface area contributed by atoms with Crippen LogP contribution < -0.4 is 0 Å². The Labute approximate surface area is 160 Å². The van der Waals surface area contributed by atoms with Gasteiger partial charge in [0.25, 0.3) is 0 Å². The molecule has 1 fully saturated rings. The second kappa shape index (κ2) is 8.21. The molecule has 6 heteroatoms. The maximum absolute atomic E-state index is 12.9. The molecule has 1 amide bonds. The predicted molar refractivity (Wildman–Crippen MR) is 102 cm³/mol. The Balaban J connectivity index is 1.21. The van der Waals surface area contributed by atoms with Gasteiger partial charge in [-0.15, -0.1) is 10.2 Å². The lowest BCUT2D eigenvalue weighted by Gasteiger charge is -2.27. The standard InChI is InChI=1S/C21H28N4O2/c1-16-22-23-20-10-9-18(14-25(16)20)21(26)24-12-11-19(15-24)27-13-5-8-17-6-3-2-4-7-17/h2-4,6-7,18-19H,5,8-15H2,1H3/t18-,19+/m1/s1. The van der Waals surface area contributed by atoms with Crippen molar-refractivity contribution >= 4 is 5.91 Å². The number of ether oxygens (including phenoxy) is 1. The molecule has 0 spiro atoms. The lowest BCUT2D eigenvalue weighted by atomic mass is 9.98. The number of aryl methyl sites for hydroxylation is 3. The quantitative estimate of drug-likeness (QED) is 0.735. The third-order valence-electron chi connectivity index (χ3n) is 5.74. The molecule has 3 heterocycles. The summed E-state index contributed by atoms with van der Waals surface area (Å²) in [4.78, 5) is 14.9. The van der Waals surface area contributed by atoms with Crippen LogP contribution >= 0.6 is 0 Å². The van der Waals surface area contributed by atoms with E-state index in [-0.39, 0.29) is 17.9 Å². The molecule has 27 heavy (non-hydrogen) atoms. The molecule has 2 aliphatic heterocycles. The second-order valence-electron chi connectivity index (χ2n) is 7.66. The highest BCUT2D eigenvalue weighted by Gasteiger charge is 2.34. The van der Waals surface area contributed by atoms with Gasteiger partial charge in [0.2, 0.25) is 5.91 Å². The first kappa shape index (κ1) is 18.2. The minimum atomic E-state index is 0.0454. The molecule has 144 valence electrons. The molecule has 0 N–H and O–H groups in total. The van der Waals surface area contributed by atoms with Gasteiger partial charge in [-0.05, 0) is 38.2 Å². The summed E-state index contributed by atoms with van der Waals surface area (Å²) < 4.78 is 8.13. The molecule has 0 unspecified atom stereocenters. The van der Waals surface area contributed by atoms with E-state index < -0.39 is 0 Å². The largest absolute Gasteiger partial charge is 0.376 e. The van der Waals surface area contributed by atoms with Crippen molar-refractivity contribution in [3.8, 4) is 0 Å². The molecular formula is C21H28N4O2. The van der Waals surface area contributed by atoms with Crippen molar-refractivity contribution in [2.24, 2.45) is 5.92 Å². The fourth-order valence-electron chi connectivity index (χ4n) is 4.16. The van der Waals surface area contributed by atoms with Crippen molar-refractivity contribution in [2.45, 2.75) is 51.7 Å². The summed E-state index contributed by atoms with van der Waals surface area (Å²) in [6.45, 7) is 4.97. The summed E-state index contributed by atoms with van der Waals surface area (Å²) in [5, 5.41) is 8.32. The van der Waals surface area contributed by atoms with Crippen molar-refractivity contribution in [3.63, 3.8) is 0 Å². The van der Waals surface area contributed by atoms with E-state index >= 15 is 0 Å². The van der Waals surface area contributed by atoms with Crippen LogP contribution in [0.4, 0.5) is 0 Å². The van der Waals surface area contributed by atoms with Gasteiger partial charge < -0.3 is 14.2 Å². The van der Waals surface area contributed by atoms with E-state index in [0.717, 1.165) is 63.4 Å². The molecule has 0 radical (unpaired) electrons. The zero-order valence-corrected chi connectivity index (χ0v) is 16.0. The minimum absolute atomic E-state index is 0.0454. The molecule has 1 aromatic carbocycles. The highest BCUT2D eigenvalue weighted by Crippen LogP contribution is 2.24. The molecule has 6 nitrogen and oxygen atoms in total. The van der Waals surface area contributed by atoms with Crippen LogP contribution in [0.3, 0.4) is 0 Å². The number of amides is 1. The van der Waals surface area contributed by atoms with E-state index in [9.17, 15) is 4.79 Å². The minimum Gasteiger partial charge on any atom is -0.376 e. The lowest BCUT2D eigenvalue weighted by Crippen LogP contribution is -2.39. The van der Waals surface area contributed by atoms with E-state index in [2.05, 4.69) is 39.0 Å². The molecule has 0 aliphatic carbocycles. The Morgan fingerprint density at radius 3 is 2.89 bits per heavy atom. The van der Waals surface area contributed by atoms with E-state index in [0.29, 0.717) is 6.54 Å². The summed E-state index contributed by atoms with van der Waals surface area (Å²) in [6, 6.07) is 10.5. The van der Waals surface area contributed by atoms with Crippen molar-refractivity contribution in [1.82, 2.24) is 19.7 Å². The first-order chi connectivity index (χ1) is 13.2. The van der Waals surface area contributed by atoms with Crippen LogP contribution in [0.5, 0.6) is 0 Å². The van der Waals surface area contributed by atoms with Crippen LogP contribution in [0.25, 0.3) is 0 Å². The van der Waals surface area contributed by atoms with Gasteiger partial charge in [-0.1, -0.05) is 30.3 Å². The first-order valence-corrected chi connectivity index (χ1v) is 10.0. The topological polar surface area (TPSA) is 60.2 Å². The summed E-state index contributed by atoms with van der Waals surface area (Å²) in [5.74, 6) is 2.23. The number of hydrogen-bond acceptors (Lipinski definition) is 4. The monoisotopic (exact) mass is 368 g/mol. The average molecular weight is 368 g/mol. The molecule has 4 rings (SSSR count). The van der Waals surface area contributed by atoms with Crippen LogP contribution in [-0.4, -0.2) is 51.4 Å². The third kappa shape index (κ3) is 4.21. The number of likely N-dealkylation sites (tertiary alicyclic amines) is 1. The zero-order valence-electron chi connectivity index (χ0n) is 16.0. The van der Waals surface area contributed by atoms with Crippen LogP contribution in [-0.2, 0) is 28.9 Å². The Bertz CT molecular complexity index is 774. The fourth-order valence-corrected chi connectivity index (χ4v) is 4.16. The highest BCUT2D eigenvalue weighted by atomic mass is 16.5. The Morgan fingerprint density at radius 1 is 1.19 bits per heavy atom. The maximum Gasteiger partial charge on any atom is 0.227 e. The van der Waals surface area contributed by atoms with E-state index in [4.69, 9.17) is 4.74 Å². The molecule has 0 bridgehead atoms. The van der Waals surface area contributed by atoms with Gasteiger partial charge in [0, 0.05) is 32.7 Å². The van der Waals surface area contributed by atoms with Gasteiger partial charge in [-0.3, -0.25) is 4.79 Å². The molecule has 2 atom stereocenters. The van der Waals surface area contributed by atoms with Crippen molar-refractivity contribution < 1.29 is 9.53 Å². The average Bonchev–Trinajstić information content (AvgIpc) is 3.32. The summed E-state index contributed by atoms with van der Waals surface area (Å²) in [6.07, 6.45) is 4.90. The van der Waals surface area contributed by atoms with Gasteiger partial charge in [-0.25, -0.2) is 0 Å². The maximum atomic E-state index is 12.9. The Morgan fingerprint density at radius 2 is 2.04 bits per heavy atom. The van der Waals surface area contributed by atoms with E-state index in [1.54, 1.807) is 0 Å². The van der Waals surface area contributed by atoms with Crippen LogP contribution in [0, 0.1) is 12.8 Å². The molecular weight excluding hydrogens is 340 g/mol. The van der Waals surface area contributed by atoms with Crippen molar-refractivity contribution in [3.05, 3.63) is 47.5 Å². The summed E-state index contributed by atoms with van der Waals surface area (Å²) >= 11 is 0.